The van der Waals surface area contributed by atoms with Crippen LogP contribution in [0.1, 0.15) is 55.4 Å². The van der Waals surface area contributed by atoms with Crippen molar-refractivity contribution >= 4 is 22.8 Å². The van der Waals surface area contributed by atoms with Gasteiger partial charge in [0.1, 0.15) is 0 Å². The molecule has 2 aromatic rings. The molecule has 30 heavy (non-hydrogen) atoms. The Morgan fingerprint density at radius 2 is 1.83 bits per heavy atom. The van der Waals surface area contributed by atoms with E-state index in [4.69, 9.17) is 10.00 Å². The fourth-order valence-electron chi connectivity index (χ4n) is 6.58. The number of carbonyl (C=O) groups excluding carboxylic acids is 2. The molecule has 4 saturated carbocycles. The average molecular weight is 406 g/mol. The number of rotatable bonds is 6. The summed E-state index contributed by atoms with van der Waals surface area (Å²) < 4.78 is 5.38. The number of nitrogens with one attached hydrogen (secondary N) is 1. The number of hydrogen-bond acceptors (Lipinski definition) is 5. The van der Waals surface area contributed by atoms with Gasteiger partial charge in [-0.05, 0) is 62.3 Å². The standard InChI is InChI=1S/C23H26N4O3/c24-6-3-7-27(23-11-15-8-16(12-23)10-17(9-15)13-23)20(28)14-30-22(29)21-18-4-1-2-5-19(18)25-26-21/h1-2,4-5,15-17H,3,7-14H2,(H,25,26). The lowest BCUT2D eigenvalue weighted by Gasteiger charge is -2.60. The third-order valence-corrected chi connectivity index (χ3v) is 7.32. The number of carbonyl (C=O) groups is 2. The molecule has 1 N–H and O–H groups in total. The summed E-state index contributed by atoms with van der Waals surface area (Å²) >= 11 is 0. The normalized spacial score (nSPS) is 29.0. The van der Waals surface area contributed by atoms with Crippen molar-refractivity contribution in [3.8, 4) is 6.07 Å². The molecule has 7 nitrogen and oxygen atoms in total. The Balaban J connectivity index is 1.31. The van der Waals surface area contributed by atoms with Crippen LogP contribution in [0.15, 0.2) is 24.3 Å². The number of hydrogen-bond donors (Lipinski definition) is 1. The van der Waals surface area contributed by atoms with E-state index in [9.17, 15) is 9.59 Å². The predicted molar refractivity (Wildman–Crippen MR) is 109 cm³/mol. The molecule has 0 unspecified atom stereocenters. The Kier molecular flexibility index (Phi) is 4.73. The van der Waals surface area contributed by atoms with Crippen LogP contribution in [0.5, 0.6) is 0 Å². The highest BCUT2D eigenvalue weighted by molar-refractivity contribution is 6.02. The van der Waals surface area contributed by atoms with Crippen LogP contribution in [-0.4, -0.2) is 45.7 Å². The summed E-state index contributed by atoms with van der Waals surface area (Å²) in [6.45, 7) is 0.0948. The molecule has 1 aromatic heterocycles. The molecular weight excluding hydrogens is 380 g/mol. The van der Waals surface area contributed by atoms with Crippen molar-refractivity contribution in [3.63, 3.8) is 0 Å². The van der Waals surface area contributed by atoms with E-state index >= 15 is 0 Å². The van der Waals surface area contributed by atoms with E-state index in [-0.39, 0.29) is 23.7 Å². The van der Waals surface area contributed by atoms with E-state index in [0.717, 1.165) is 24.8 Å². The minimum atomic E-state index is -0.605. The van der Waals surface area contributed by atoms with Gasteiger partial charge in [-0.1, -0.05) is 18.2 Å². The zero-order valence-electron chi connectivity index (χ0n) is 17.0. The van der Waals surface area contributed by atoms with E-state index in [1.165, 1.54) is 19.3 Å². The maximum atomic E-state index is 13.2. The molecule has 4 aliphatic carbocycles. The fraction of sp³-hybridized carbons (Fsp3) is 0.565. The first kappa shape index (κ1) is 19.1. The van der Waals surface area contributed by atoms with Gasteiger partial charge in [-0.15, -0.1) is 0 Å². The zero-order valence-corrected chi connectivity index (χ0v) is 17.0. The van der Waals surface area contributed by atoms with Gasteiger partial charge in [0.05, 0.1) is 18.0 Å². The number of para-hydroxylation sites is 1. The topological polar surface area (TPSA) is 99.1 Å². The Morgan fingerprint density at radius 1 is 1.17 bits per heavy atom. The first-order valence-corrected chi connectivity index (χ1v) is 10.9. The molecule has 1 aromatic carbocycles. The molecule has 0 saturated heterocycles. The predicted octanol–water partition coefficient (Wildman–Crippen LogP) is 3.43. The van der Waals surface area contributed by atoms with Crippen molar-refractivity contribution < 1.29 is 14.3 Å². The molecule has 0 spiro atoms. The van der Waals surface area contributed by atoms with Gasteiger partial charge in [0.2, 0.25) is 0 Å². The van der Waals surface area contributed by atoms with Gasteiger partial charge in [0, 0.05) is 17.5 Å². The first-order chi connectivity index (χ1) is 14.6. The van der Waals surface area contributed by atoms with Gasteiger partial charge < -0.3 is 9.64 Å². The van der Waals surface area contributed by atoms with Gasteiger partial charge in [-0.3, -0.25) is 9.89 Å². The molecule has 0 radical (unpaired) electrons. The van der Waals surface area contributed by atoms with Crippen molar-refractivity contribution in [1.82, 2.24) is 15.1 Å². The Labute approximate surface area is 175 Å². The smallest absolute Gasteiger partial charge is 0.359 e. The minimum absolute atomic E-state index is 0.159. The second-order valence-electron chi connectivity index (χ2n) is 9.29. The maximum absolute atomic E-state index is 13.2. The number of aromatic amines is 1. The summed E-state index contributed by atoms with van der Waals surface area (Å²) in [5.74, 6) is 1.26. The highest BCUT2D eigenvalue weighted by atomic mass is 16.5. The molecule has 0 atom stereocenters. The van der Waals surface area contributed by atoms with Crippen molar-refractivity contribution in [1.29, 1.82) is 5.26 Å². The molecule has 156 valence electrons. The zero-order chi connectivity index (χ0) is 20.7. The van der Waals surface area contributed by atoms with Crippen molar-refractivity contribution in [2.24, 2.45) is 17.8 Å². The van der Waals surface area contributed by atoms with E-state index in [1.54, 1.807) is 6.07 Å². The van der Waals surface area contributed by atoms with Crippen LogP contribution in [0, 0.1) is 29.1 Å². The molecule has 6 rings (SSSR count). The van der Waals surface area contributed by atoms with Crippen molar-refractivity contribution in [2.45, 2.75) is 50.5 Å². The number of H-pyrrole nitrogens is 1. The van der Waals surface area contributed by atoms with Crippen molar-refractivity contribution in [2.75, 3.05) is 13.2 Å². The first-order valence-electron chi connectivity index (χ1n) is 10.9. The van der Waals surface area contributed by atoms with Crippen molar-refractivity contribution in [3.05, 3.63) is 30.0 Å². The number of aromatic nitrogens is 2. The molecule has 7 heteroatoms. The number of benzene rings is 1. The summed E-state index contributed by atoms with van der Waals surface area (Å²) in [6.07, 6.45) is 7.20. The molecule has 4 aliphatic rings. The second-order valence-corrected chi connectivity index (χ2v) is 9.29. The largest absolute Gasteiger partial charge is 0.451 e. The fourth-order valence-corrected chi connectivity index (χ4v) is 6.58. The van der Waals surface area contributed by atoms with Crippen LogP contribution >= 0.6 is 0 Å². The minimum Gasteiger partial charge on any atom is -0.451 e. The summed E-state index contributed by atoms with van der Waals surface area (Å²) in [4.78, 5) is 27.7. The van der Waals surface area contributed by atoms with E-state index in [2.05, 4.69) is 16.3 Å². The lowest BCUT2D eigenvalue weighted by Crippen LogP contribution is -2.62. The van der Waals surface area contributed by atoms with E-state index in [1.807, 2.05) is 23.1 Å². The molecule has 4 bridgehead atoms. The third kappa shape index (κ3) is 3.24. The lowest BCUT2D eigenvalue weighted by molar-refractivity contribution is -0.153. The second kappa shape index (κ2) is 7.42. The number of amides is 1. The van der Waals surface area contributed by atoms with E-state index in [0.29, 0.717) is 36.1 Å². The summed E-state index contributed by atoms with van der Waals surface area (Å²) in [5, 5.41) is 16.7. The Hall–Kier alpha value is -2.88. The van der Waals surface area contributed by atoms with Crippen LogP contribution in [0.4, 0.5) is 0 Å². The molecule has 0 aliphatic heterocycles. The molecule has 1 heterocycles. The van der Waals surface area contributed by atoms with Gasteiger partial charge in [-0.2, -0.15) is 10.4 Å². The quantitative estimate of drug-likeness (QED) is 0.741. The SMILES string of the molecule is N#CCCN(C(=O)COC(=O)c1n[nH]c2ccccc12)C12CC3CC(CC(C3)C1)C2. The average Bonchev–Trinajstić information content (AvgIpc) is 3.15. The lowest BCUT2D eigenvalue weighted by atomic mass is 9.52. The molecule has 4 fully saturated rings. The van der Waals surface area contributed by atoms with Gasteiger partial charge >= 0.3 is 5.97 Å². The Bertz CT molecular complexity index is 986. The van der Waals surface area contributed by atoms with Crippen LogP contribution in [0.25, 0.3) is 10.9 Å². The van der Waals surface area contributed by atoms with Crippen LogP contribution in [0.2, 0.25) is 0 Å². The summed E-state index contributed by atoms with van der Waals surface area (Å²) in [5.41, 5.74) is 0.783. The van der Waals surface area contributed by atoms with Gasteiger partial charge in [-0.25, -0.2) is 4.79 Å². The number of esters is 1. The van der Waals surface area contributed by atoms with Gasteiger partial charge in [0.25, 0.3) is 5.91 Å². The highest BCUT2D eigenvalue weighted by Gasteiger charge is 2.54. The summed E-state index contributed by atoms with van der Waals surface area (Å²) in [6, 6.07) is 9.50. The van der Waals surface area contributed by atoms with Gasteiger partial charge in [0.15, 0.2) is 12.3 Å². The summed E-state index contributed by atoms with van der Waals surface area (Å²) in [7, 11) is 0. The molecule has 1 amide bonds. The molecular formula is C23H26N4O3. The number of fused-ring (bicyclic) bond motifs is 1. The third-order valence-electron chi connectivity index (χ3n) is 7.32. The highest BCUT2D eigenvalue weighted by Crippen LogP contribution is 2.57. The number of ether oxygens (including phenoxy) is 1. The number of nitriles is 1. The Morgan fingerprint density at radius 3 is 2.50 bits per heavy atom. The van der Waals surface area contributed by atoms with E-state index < -0.39 is 5.97 Å². The van der Waals surface area contributed by atoms with Crippen LogP contribution < -0.4 is 0 Å². The monoisotopic (exact) mass is 406 g/mol. The number of nitrogens with zero attached hydrogens (tertiary/aromatic N) is 3. The van der Waals surface area contributed by atoms with Crippen LogP contribution in [-0.2, 0) is 9.53 Å². The van der Waals surface area contributed by atoms with Crippen LogP contribution in [0.3, 0.4) is 0 Å². The maximum Gasteiger partial charge on any atom is 0.359 e.